The van der Waals surface area contributed by atoms with E-state index in [0.717, 1.165) is 5.57 Å². The van der Waals surface area contributed by atoms with Crippen molar-refractivity contribution in [2.45, 2.75) is 60.8 Å². The van der Waals surface area contributed by atoms with Gasteiger partial charge in [0.25, 0.3) is 0 Å². The van der Waals surface area contributed by atoms with Crippen molar-refractivity contribution < 1.29 is 9.53 Å². The Hall–Kier alpha value is -1.83. The van der Waals surface area contributed by atoms with Gasteiger partial charge in [-0.15, -0.1) is 0 Å². The van der Waals surface area contributed by atoms with E-state index in [1.54, 1.807) is 0 Å². The third-order valence-electron chi connectivity index (χ3n) is 4.47. The molecule has 0 spiro atoms. The van der Waals surface area contributed by atoms with Crippen LogP contribution in [0.3, 0.4) is 0 Å². The van der Waals surface area contributed by atoms with Crippen LogP contribution in [0.4, 0.5) is 0 Å². The maximum absolute atomic E-state index is 10.7. The third-order valence-corrected chi connectivity index (χ3v) is 4.47. The standard InChI is InChI=1S/C22H32O2/c1-17(9-7-10-18(2)14-16-24-20(4)23)12-13-21-19(3)11-8-15-22(21,5)6/h7,9-10,12-14H,8,11,15-16H2,1-6H3/b10-7+,13-12+,17-9+,18-14+/i7+1,9+1,14+1,16+1. The predicted octanol–water partition coefficient (Wildman–Crippen LogP) is 6.08. The Morgan fingerprint density at radius 1 is 1.17 bits per heavy atom. The summed E-state index contributed by atoms with van der Waals surface area (Å²) in [7, 11) is 0. The summed E-state index contributed by atoms with van der Waals surface area (Å²) in [6, 6.07) is 0. The Kier molecular flexibility index (Phi) is 7.97. The summed E-state index contributed by atoms with van der Waals surface area (Å²) in [4.78, 5) is 10.7. The minimum Gasteiger partial charge on any atom is -0.462 e. The van der Waals surface area contributed by atoms with Crippen LogP contribution in [0.25, 0.3) is 0 Å². The molecule has 2 heteroatoms. The molecule has 132 valence electrons. The van der Waals surface area contributed by atoms with Crippen molar-refractivity contribution in [2.24, 2.45) is 5.41 Å². The van der Waals surface area contributed by atoms with E-state index in [4.69, 9.17) is 4.74 Å². The van der Waals surface area contributed by atoms with E-state index in [0.29, 0.717) is 6.61 Å². The average Bonchev–Trinajstić information content (AvgIpc) is 2.45. The van der Waals surface area contributed by atoms with Crippen molar-refractivity contribution in [3.05, 3.63) is 58.7 Å². The topological polar surface area (TPSA) is 26.3 Å². The highest BCUT2D eigenvalue weighted by atomic mass is 16.6. The predicted molar refractivity (Wildman–Crippen MR) is 103 cm³/mol. The molecule has 0 saturated carbocycles. The largest absolute Gasteiger partial charge is 0.462 e. The van der Waals surface area contributed by atoms with Gasteiger partial charge >= 0.3 is 5.97 Å². The molecule has 0 aromatic carbocycles. The zero-order valence-electron chi connectivity index (χ0n) is 16.1. The molecule has 0 radical (unpaired) electrons. The lowest BCUT2D eigenvalue weighted by Gasteiger charge is -2.32. The van der Waals surface area contributed by atoms with E-state index >= 15 is 0 Å². The second-order valence-electron chi connectivity index (χ2n) is 7.29. The van der Waals surface area contributed by atoms with Crippen molar-refractivity contribution >= 4 is 5.97 Å². The van der Waals surface area contributed by atoms with Crippen molar-refractivity contribution in [2.75, 3.05) is 6.61 Å². The van der Waals surface area contributed by atoms with Gasteiger partial charge in [0, 0.05) is 6.92 Å². The van der Waals surface area contributed by atoms with E-state index < -0.39 is 0 Å². The number of carbonyl (C=O) groups is 1. The van der Waals surface area contributed by atoms with E-state index in [1.807, 2.05) is 25.2 Å². The SMILES string of the molecule is CC(=O)O[13CH2]/[13CH]=C(C)/C=[13CH]/[13CH]=C(C)/C=C/C1=C(C)CCCC1(C)C. The first-order valence-corrected chi connectivity index (χ1v) is 8.76. The fourth-order valence-electron chi connectivity index (χ4n) is 2.99. The lowest BCUT2D eigenvalue weighted by atomic mass is 9.72. The molecule has 0 saturated heterocycles. The molecular formula is C22H32O2. The molecule has 0 fully saturated rings. The molecule has 0 amide bonds. The van der Waals surface area contributed by atoms with Gasteiger partial charge in [0.15, 0.2) is 0 Å². The Balaban J connectivity index is 2.67. The number of carbonyl (C=O) groups excluding carboxylic acids is 1. The van der Waals surface area contributed by atoms with E-state index in [-0.39, 0.29) is 11.4 Å². The van der Waals surface area contributed by atoms with Gasteiger partial charge in [-0.05, 0) is 57.1 Å². The molecule has 24 heavy (non-hydrogen) atoms. The lowest BCUT2D eigenvalue weighted by Crippen LogP contribution is -2.19. The minimum absolute atomic E-state index is 0.251. The fourth-order valence-corrected chi connectivity index (χ4v) is 2.99. The van der Waals surface area contributed by atoms with Gasteiger partial charge < -0.3 is 4.74 Å². The summed E-state index contributed by atoms with van der Waals surface area (Å²) in [5.41, 5.74) is 5.60. The summed E-state index contributed by atoms with van der Waals surface area (Å²) in [5.74, 6) is -0.251. The Morgan fingerprint density at radius 3 is 2.50 bits per heavy atom. The van der Waals surface area contributed by atoms with Gasteiger partial charge in [-0.3, -0.25) is 4.79 Å². The third kappa shape index (κ3) is 7.16. The highest BCUT2D eigenvalue weighted by Crippen LogP contribution is 2.40. The van der Waals surface area contributed by atoms with Crippen LogP contribution in [-0.2, 0) is 9.53 Å². The number of rotatable bonds is 6. The van der Waals surface area contributed by atoms with E-state index in [9.17, 15) is 4.79 Å². The number of esters is 1. The monoisotopic (exact) mass is 332 g/mol. The quantitative estimate of drug-likeness (QED) is 0.335. The van der Waals surface area contributed by atoms with Crippen molar-refractivity contribution in [3.8, 4) is 0 Å². The summed E-state index contributed by atoms with van der Waals surface area (Å²) >= 11 is 0. The Bertz CT molecular complexity index is 595. The van der Waals surface area contributed by atoms with Crippen LogP contribution in [0.2, 0.25) is 0 Å². The van der Waals surface area contributed by atoms with Crippen LogP contribution < -0.4 is 0 Å². The van der Waals surface area contributed by atoms with Crippen LogP contribution in [0.1, 0.15) is 60.8 Å². The first-order chi connectivity index (χ1) is 11.2. The Labute approximate surface area is 147 Å². The number of hydrogen-bond donors (Lipinski definition) is 0. The molecule has 1 rings (SSSR count). The molecule has 0 bridgehead atoms. The van der Waals surface area contributed by atoms with Gasteiger partial charge in [0.05, 0.1) is 0 Å². The fraction of sp³-hybridized carbons (Fsp3) is 0.500. The first kappa shape index (κ1) is 20.2. The second-order valence-corrected chi connectivity index (χ2v) is 7.29. The highest BCUT2D eigenvalue weighted by molar-refractivity contribution is 5.66. The smallest absolute Gasteiger partial charge is 0.302 e. The van der Waals surface area contributed by atoms with Crippen molar-refractivity contribution in [1.82, 2.24) is 0 Å². The van der Waals surface area contributed by atoms with Gasteiger partial charge in [-0.25, -0.2) is 0 Å². The second kappa shape index (κ2) is 9.46. The maximum atomic E-state index is 10.7. The normalized spacial score (nSPS) is 19.4. The minimum atomic E-state index is -0.251. The van der Waals surface area contributed by atoms with Crippen LogP contribution in [-0.4, -0.2) is 12.6 Å². The zero-order valence-corrected chi connectivity index (χ0v) is 16.1. The summed E-state index contributed by atoms with van der Waals surface area (Å²) in [6.07, 6.45) is 16.3. The molecule has 0 aromatic rings. The molecular weight excluding hydrogens is 300 g/mol. The average molecular weight is 332 g/mol. The molecule has 1 aliphatic rings. The summed E-state index contributed by atoms with van der Waals surface area (Å²) in [6.45, 7) is 12.8. The molecule has 0 aliphatic heterocycles. The number of ether oxygens (including phenoxy) is 1. The van der Waals surface area contributed by atoms with E-state index in [1.165, 1.54) is 42.9 Å². The molecule has 2 nitrogen and oxygen atoms in total. The van der Waals surface area contributed by atoms with Gasteiger partial charge in [-0.1, -0.05) is 60.9 Å². The van der Waals surface area contributed by atoms with Crippen LogP contribution in [0, 0.1) is 5.41 Å². The number of allylic oxidation sites excluding steroid dienone is 9. The zero-order chi connectivity index (χ0) is 18.2. The van der Waals surface area contributed by atoms with Crippen molar-refractivity contribution in [1.29, 1.82) is 0 Å². The van der Waals surface area contributed by atoms with Crippen LogP contribution >= 0.6 is 0 Å². The van der Waals surface area contributed by atoms with Crippen molar-refractivity contribution in [3.63, 3.8) is 0 Å². The molecule has 0 aromatic heterocycles. The first-order valence-electron chi connectivity index (χ1n) is 8.76. The molecule has 1 aliphatic carbocycles. The summed E-state index contributed by atoms with van der Waals surface area (Å²) in [5, 5.41) is 0. The van der Waals surface area contributed by atoms with E-state index in [2.05, 4.69) is 45.9 Å². The van der Waals surface area contributed by atoms with Gasteiger partial charge in [-0.2, -0.15) is 0 Å². The highest BCUT2D eigenvalue weighted by Gasteiger charge is 2.26. The maximum Gasteiger partial charge on any atom is 0.302 e. The lowest BCUT2D eigenvalue weighted by molar-refractivity contribution is -0.139. The molecule has 0 atom stereocenters. The van der Waals surface area contributed by atoms with Crippen LogP contribution in [0.15, 0.2) is 58.7 Å². The molecule has 0 N–H and O–H groups in total. The van der Waals surface area contributed by atoms with Gasteiger partial charge in [0.2, 0.25) is 0 Å². The Morgan fingerprint density at radius 2 is 1.88 bits per heavy atom. The van der Waals surface area contributed by atoms with Gasteiger partial charge in [0.1, 0.15) is 6.61 Å². The number of hydrogen-bond acceptors (Lipinski definition) is 2. The molecule has 0 unspecified atom stereocenters. The molecule has 0 heterocycles. The van der Waals surface area contributed by atoms with Crippen LogP contribution in [0.5, 0.6) is 0 Å². The summed E-state index contributed by atoms with van der Waals surface area (Å²) < 4.78 is 4.89.